The number of aromatic nitrogens is 2. The molecule has 0 aliphatic rings. The smallest absolute Gasteiger partial charge is 0.352 e. The van der Waals surface area contributed by atoms with Crippen molar-refractivity contribution < 1.29 is 4.92 Å². The first kappa shape index (κ1) is 11.2. The number of anilines is 2. The van der Waals surface area contributed by atoms with Gasteiger partial charge in [-0.3, -0.25) is 10.1 Å². The van der Waals surface area contributed by atoms with E-state index in [1.165, 1.54) is 11.8 Å². The zero-order valence-corrected chi connectivity index (χ0v) is 8.53. The zero-order valence-electron chi connectivity index (χ0n) is 7.71. The van der Waals surface area contributed by atoms with Crippen LogP contribution in [0.2, 0.25) is 0 Å². The molecule has 0 radical (unpaired) electrons. The van der Waals surface area contributed by atoms with Crippen molar-refractivity contribution in [1.82, 2.24) is 9.97 Å². The van der Waals surface area contributed by atoms with Gasteiger partial charge in [0.25, 0.3) is 0 Å². The Morgan fingerprint density at radius 3 is 2.40 bits per heavy atom. The minimum absolute atomic E-state index is 0.223. The van der Waals surface area contributed by atoms with Crippen molar-refractivity contribution in [3.63, 3.8) is 0 Å². The Balaban J connectivity index is 3.07. The fourth-order valence-electron chi connectivity index (χ4n) is 0.853. The lowest BCUT2D eigenvalue weighted by molar-refractivity contribution is -0.383. The number of thioether (sulfide) groups is 1. The Morgan fingerprint density at radius 2 is 2.00 bits per heavy atom. The average Bonchev–Trinajstić information content (AvgIpc) is 2.12. The van der Waals surface area contributed by atoms with Crippen molar-refractivity contribution in [3.05, 3.63) is 22.8 Å². The zero-order chi connectivity index (χ0) is 11.4. The fourth-order valence-corrected chi connectivity index (χ4v) is 1.45. The van der Waals surface area contributed by atoms with Gasteiger partial charge in [-0.2, -0.15) is 9.97 Å². The van der Waals surface area contributed by atoms with Crippen molar-refractivity contribution >= 4 is 29.1 Å². The van der Waals surface area contributed by atoms with Gasteiger partial charge in [0.05, 0.1) is 4.92 Å². The van der Waals surface area contributed by atoms with Gasteiger partial charge >= 0.3 is 5.69 Å². The van der Waals surface area contributed by atoms with E-state index in [4.69, 9.17) is 11.5 Å². The second-order valence-corrected chi connectivity index (χ2v) is 3.47. The van der Waals surface area contributed by atoms with Gasteiger partial charge in [0.2, 0.25) is 11.6 Å². The van der Waals surface area contributed by atoms with Gasteiger partial charge in [-0.05, 0) is 0 Å². The highest BCUT2D eigenvalue weighted by Gasteiger charge is 2.20. The topological polar surface area (TPSA) is 121 Å². The number of hydrogen-bond donors (Lipinski definition) is 2. The van der Waals surface area contributed by atoms with Gasteiger partial charge < -0.3 is 11.5 Å². The first-order valence-corrected chi connectivity index (χ1v) is 4.86. The summed E-state index contributed by atoms with van der Waals surface area (Å²) in [6, 6.07) is 0. The summed E-state index contributed by atoms with van der Waals surface area (Å²) in [5.74, 6) is 0.134. The lowest BCUT2D eigenvalue weighted by Crippen LogP contribution is -2.06. The largest absolute Gasteiger partial charge is 0.378 e. The minimum atomic E-state index is -0.702. The molecule has 0 unspecified atom stereocenters. The number of nitrogen functional groups attached to an aromatic ring is 2. The van der Waals surface area contributed by atoms with E-state index in [9.17, 15) is 10.1 Å². The fraction of sp³-hybridized carbons (Fsp3) is 0.143. The quantitative estimate of drug-likeness (QED) is 0.257. The van der Waals surface area contributed by atoms with E-state index in [-0.39, 0.29) is 11.6 Å². The molecule has 1 aromatic rings. The molecule has 0 saturated carbocycles. The first-order valence-electron chi connectivity index (χ1n) is 3.87. The molecule has 0 atom stereocenters. The lowest BCUT2D eigenvalue weighted by Gasteiger charge is -2.02. The third-order valence-electron chi connectivity index (χ3n) is 1.43. The van der Waals surface area contributed by atoms with Gasteiger partial charge in [-0.25, -0.2) is 0 Å². The molecule has 0 aromatic carbocycles. The molecule has 0 saturated heterocycles. The third kappa shape index (κ3) is 2.56. The maximum absolute atomic E-state index is 10.5. The van der Waals surface area contributed by atoms with Crippen molar-refractivity contribution in [2.45, 2.75) is 5.16 Å². The van der Waals surface area contributed by atoms with Crippen LogP contribution < -0.4 is 11.5 Å². The highest BCUT2D eigenvalue weighted by Crippen LogP contribution is 2.27. The van der Waals surface area contributed by atoms with Gasteiger partial charge in [-0.15, -0.1) is 6.58 Å². The molecule has 80 valence electrons. The molecule has 1 heterocycles. The molecule has 0 aliphatic carbocycles. The Morgan fingerprint density at radius 1 is 1.47 bits per heavy atom. The van der Waals surface area contributed by atoms with Gasteiger partial charge in [0.15, 0.2) is 5.16 Å². The van der Waals surface area contributed by atoms with Crippen LogP contribution in [0.1, 0.15) is 0 Å². The van der Waals surface area contributed by atoms with Crippen LogP contribution in [0, 0.1) is 10.1 Å². The van der Waals surface area contributed by atoms with Crippen LogP contribution in [0.15, 0.2) is 17.8 Å². The van der Waals surface area contributed by atoms with E-state index in [1.807, 2.05) is 0 Å². The summed E-state index contributed by atoms with van der Waals surface area (Å²) >= 11 is 1.25. The third-order valence-corrected chi connectivity index (χ3v) is 2.27. The molecule has 7 nitrogen and oxygen atoms in total. The van der Waals surface area contributed by atoms with Crippen LogP contribution in [0.25, 0.3) is 0 Å². The van der Waals surface area contributed by atoms with Crippen LogP contribution in [-0.2, 0) is 0 Å². The molecule has 4 N–H and O–H groups in total. The Labute approximate surface area is 89.7 Å². The molecule has 0 fully saturated rings. The summed E-state index contributed by atoms with van der Waals surface area (Å²) in [5.41, 5.74) is 10.3. The molecular weight excluding hydrogens is 218 g/mol. The van der Waals surface area contributed by atoms with Crippen LogP contribution in [0.5, 0.6) is 0 Å². The Bertz CT molecular complexity index is 385. The maximum Gasteiger partial charge on any atom is 0.352 e. The normalized spacial score (nSPS) is 9.87. The van der Waals surface area contributed by atoms with Crippen molar-refractivity contribution in [2.24, 2.45) is 0 Å². The second-order valence-electron chi connectivity index (χ2n) is 2.48. The lowest BCUT2D eigenvalue weighted by atomic mass is 10.4. The van der Waals surface area contributed by atoms with Crippen molar-refractivity contribution in [3.8, 4) is 0 Å². The van der Waals surface area contributed by atoms with Crippen LogP contribution in [0.4, 0.5) is 17.3 Å². The molecule has 8 heteroatoms. The molecule has 1 rings (SSSR count). The number of nitrogens with two attached hydrogens (primary N) is 2. The SMILES string of the molecule is C=CCSc1nc(N)c([N+](=O)[O-])c(N)n1. The molecule has 0 spiro atoms. The van der Waals surface area contributed by atoms with Gasteiger partial charge in [-0.1, -0.05) is 17.8 Å². The number of rotatable bonds is 4. The standard InChI is InChI=1S/C7H9N5O2S/c1-2-3-15-7-10-5(8)4(12(13)14)6(9)11-7/h2H,1,3H2,(H4,8,9,10,11). The predicted molar refractivity (Wildman–Crippen MR) is 58.4 cm³/mol. The van der Waals surface area contributed by atoms with E-state index in [0.29, 0.717) is 10.9 Å². The highest BCUT2D eigenvalue weighted by atomic mass is 32.2. The van der Waals surface area contributed by atoms with Crippen molar-refractivity contribution in [2.75, 3.05) is 17.2 Å². The molecule has 0 bridgehead atoms. The van der Waals surface area contributed by atoms with Crippen LogP contribution in [-0.4, -0.2) is 20.6 Å². The van der Waals surface area contributed by atoms with Crippen LogP contribution in [0.3, 0.4) is 0 Å². The van der Waals surface area contributed by atoms with Gasteiger partial charge in [0.1, 0.15) is 0 Å². The predicted octanol–water partition coefficient (Wildman–Crippen LogP) is 0.827. The average molecular weight is 227 g/mol. The first-order chi connectivity index (χ1) is 7.06. The molecule has 0 aliphatic heterocycles. The number of nitro groups is 1. The second kappa shape index (κ2) is 4.60. The molecule has 1 aromatic heterocycles. The summed E-state index contributed by atoms with van der Waals surface area (Å²) in [6.45, 7) is 3.52. The molecular formula is C7H9N5O2S. The van der Waals surface area contributed by atoms with E-state index < -0.39 is 10.6 Å². The molecule has 0 amide bonds. The Kier molecular flexibility index (Phi) is 3.45. The van der Waals surface area contributed by atoms with Gasteiger partial charge in [0, 0.05) is 5.75 Å². The van der Waals surface area contributed by atoms with E-state index in [1.54, 1.807) is 6.08 Å². The monoisotopic (exact) mass is 227 g/mol. The number of hydrogen-bond acceptors (Lipinski definition) is 7. The summed E-state index contributed by atoms with van der Waals surface area (Å²) in [4.78, 5) is 17.3. The highest BCUT2D eigenvalue weighted by molar-refractivity contribution is 7.99. The van der Waals surface area contributed by atoms with E-state index in [0.717, 1.165) is 0 Å². The minimum Gasteiger partial charge on any atom is -0.378 e. The maximum atomic E-state index is 10.5. The number of nitrogens with zero attached hydrogens (tertiary/aromatic N) is 3. The molecule has 15 heavy (non-hydrogen) atoms. The summed E-state index contributed by atoms with van der Waals surface area (Å²) in [6.07, 6.45) is 1.65. The van der Waals surface area contributed by atoms with Crippen LogP contribution >= 0.6 is 11.8 Å². The van der Waals surface area contributed by atoms with Crippen molar-refractivity contribution in [1.29, 1.82) is 0 Å². The van der Waals surface area contributed by atoms with E-state index >= 15 is 0 Å². The van der Waals surface area contributed by atoms with E-state index in [2.05, 4.69) is 16.5 Å². The summed E-state index contributed by atoms with van der Waals surface area (Å²) in [7, 11) is 0. The Hall–Kier alpha value is -1.83. The summed E-state index contributed by atoms with van der Waals surface area (Å²) in [5, 5.41) is 10.8. The summed E-state index contributed by atoms with van der Waals surface area (Å²) < 4.78 is 0.